The number of amides is 1. The Labute approximate surface area is 168 Å². The molecule has 1 unspecified atom stereocenters. The summed E-state index contributed by atoms with van der Waals surface area (Å²) in [5.41, 5.74) is 10.1. The lowest BCUT2D eigenvalue weighted by molar-refractivity contribution is -0.114. The predicted octanol–water partition coefficient (Wildman–Crippen LogP) is -0.781. The second-order valence-electron chi connectivity index (χ2n) is 7.50. The molecule has 1 amide bonds. The smallest absolute Gasteiger partial charge is 0.250 e. The van der Waals surface area contributed by atoms with Crippen LogP contribution in [0.1, 0.15) is 24.3 Å². The van der Waals surface area contributed by atoms with E-state index in [1.54, 1.807) is 7.85 Å². The van der Waals surface area contributed by atoms with Gasteiger partial charge in [-0.3, -0.25) is 10.2 Å². The van der Waals surface area contributed by atoms with Crippen LogP contribution in [0.25, 0.3) is 0 Å². The van der Waals surface area contributed by atoms with Gasteiger partial charge in [0.05, 0.1) is 16.9 Å². The van der Waals surface area contributed by atoms with E-state index in [1.807, 2.05) is 27.8 Å². The Morgan fingerprint density at radius 3 is 2.43 bits per heavy atom. The van der Waals surface area contributed by atoms with E-state index in [1.165, 1.54) is 18.4 Å². The zero-order valence-corrected chi connectivity index (χ0v) is 16.6. The van der Waals surface area contributed by atoms with Crippen LogP contribution >= 0.6 is 0 Å². The first-order chi connectivity index (χ1) is 13.3. The van der Waals surface area contributed by atoms with E-state index < -0.39 is 5.91 Å². The molecule has 1 saturated heterocycles. The van der Waals surface area contributed by atoms with Gasteiger partial charge in [0.2, 0.25) is 5.91 Å². The highest BCUT2D eigenvalue weighted by Gasteiger charge is 2.28. The fourth-order valence-electron chi connectivity index (χ4n) is 3.93. The van der Waals surface area contributed by atoms with E-state index >= 15 is 0 Å². The molecule has 1 atom stereocenters. The third-order valence-electron chi connectivity index (χ3n) is 5.80. The monoisotopic (exact) mass is 374 g/mol. The van der Waals surface area contributed by atoms with Crippen molar-refractivity contribution in [2.24, 2.45) is 5.73 Å². The normalized spacial score (nSPS) is 22.3. The lowest BCUT2D eigenvalue weighted by Gasteiger charge is -2.25. The fourth-order valence-corrected chi connectivity index (χ4v) is 3.93. The molecule has 0 saturated carbocycles. The summed E-state index contributed by atoms with van der Waals surface area (Å²) in [6.45, 7) is 2.07. The molecular weight excluding hydrogens is 349 g/mol. The minimum Gasteiger partial charge on any atom is -0.494 e. The van der Waals surface area contributed by atoms with Crippen LogP contribution in [0.15, 0.2) is 57.7 Å². The maximum atomic E-state index is 11.8. The number of anilines is 1. The molecule has 6 N–H and O–H groups in total. The van der Waals surface area contributed by atoms with E-state index in [9.17, 15) is 9.90 Å². The van der Waals surface area contributed by atoms with E-state index in [2.05, 4.69) is 22.8 Å². The first-order valence-corrected chi connectivity index (χ1v) is 9.60. The maximum Gasteiger partial charge on any atom is 0.250 e. The number of aliphatic hydroxyl groups excluding tert-OH is 1. The molecule has 1 heterocycles. The first kappa shape index (κ1) is 20.1. The molecule has 1 aromatic carbocycles. The van der Waals surface area contributed by atoms with Crippen molar-refractivity contribution in [3.8, 4) is 0 Å². The molecule has 1 aliphatic heterocycles. The third kappa shape index (κ3) is 3.80. The number of nitrogens with two attached hydrogens (primary N) is 1. The van der Waals surface area contributed by atoms with Gasteiger partial charge in [-0.05, 0) is 43.0 Å². The number of nitrogens with one attached hydrogen (secondary N) is 3. The van der Waals surface area contributed by atoms with Crippen LogP contribution in [0.2, 0.25) is 0 Å². The first-order valence-electron chi connectivity index (χ1n) is 9.60. The van der Waals surface area contributed by atoms with Crippen LogP contribution in [-0.2, 0) is 4.79 Å². The van der Waals surface area contributed by atoms with Crippen molar-refractivity contribution in [3.63, 3.8) is 0 Å². The highest BCUT2D eigenvalue weighted by Crippen LogP contribution is 2.30. The molecule has 0 bridgehead atoms. The number of hydrogen-bond acceptors (Lipinski definition) is 5. The van der Waals surface area contributed by atoms with Gasteiger partial charge in [-0.2, -0.15) is 0 Å². The Morgan fingerprint density at radius 2 is 1.86 bits per heavy atom. The Morgan fingerprint density at radius 1 is 1.18 bits per heavy atom. The average molecular weight is 374 g/mol. The van der Waals surface area contributed by atoms with Crippen LogP contribution in [0.4, 0.5) is 5.69 Å². The molecule has 0 radical (unpaired) electrons. The number of carbonyl (C=O) groups is 1. The Kier molecular flexibility index (Phi) is 5.84. The standard InChI is InChI=1S/C19H25B3N4O2/c20-14-12(18(24)27)17(23)13(15(21)16(14)22)19(28)26-11-5-3-9(4-6-11)10-2-1-7-25-8-10/h3-6,10,23,25-26,28H,1-2,7-8,20-22H2,(H2,24,27)/b19-13+,23-17?. The molecule has 0 aromatic heterocycles. The van der Waals surface area contributed by atoms with Crippen LogP contribution in [0.3, 0.4) is 0 Å². The minimum absolute atomic E-state index is 0.0528. The summed E-state index contributed by atoms with van der Waals surface area (Å²) >= 11 is 0. The van der Waals surface area contributed by atoms with Crippen molar-refractivity contribution in [2.45, 2.75) is 18.8 Å². The van der Waals surface area contributed by atoms with Gasteiger partial charge in [0.1, 0.15) is 23.5 Å². The second-order valence-corrected chi connectivity index (χ2v) is 7.50. The van der Waals surface area contributed by atoms with Crippen LogP contribution in [0, 0.1) is 5.41 Å². The second kappa shape index (κ2) is 8.14. The average Bonchev–Trinajstić information content (AvgIpc) is 2.67. The van der Waals surface area contributed by atoms with Crippen LogP contribution in [0.5, 0.6) is 0 Å². The number of aliphatic hydroxyl groups is 1. The van der Waals surface area contributed by atoms with E-state index in [0.29, 0.717) is 17.0 Å². The quantitative estimate of drug-likeness (QED) is 0.352. The zero-order chi connectivity index (χ0) is 20.4. The molecule has 6 nitrogen and oxygen atoms in total. The molecule has 142 valence electrons. The Balaban J connectivity index is 1.86. The van der Waals surface area contributed by atoms with E-state index in [0.717, 1.165) is 29.7 Å². The summed E-state index contributed by atoms with van der Waals surface area (Å²) in [6, 6.07) is 7.98. The van der Waals surface area contributed by atoms with Crippen LogP contribution < -0.4 is 16.4 Å². The van der Waals surface area contributed by atoms with Crippen molar-refractivity contribution in [1.29, 1.82) is 5.41 Å². The molecule has 28 heavy (non-hydrogen) atoms. The van der Waals surface area contributed by atoms with Gasteiger partial charge in [-0.1, -0.05) is 28.6 Å². The summed E-state index contributed by atoms with van der Waals surface area (Å²) in [5, 5.41) is 25.5. The Bertz CT molecular complexity index is 914. The summed E-state index contributed by atoms with van der Waals surface area (Å²) in [5.74, 6) is -0.300. The molecule has 2 aliphatic rings. The van der Waals surface area contributed by atoms with Gasteiger partial charge in [-0.25, -0.2) is 0 Å². The van der Waals surface area contributed by atoms with E-state index in [4.69, 9.17) is 11.1 Å². The fraction of sp³-hybridized carbons (Fsp3) is 0.263. The number of allylic oxidation sites excluding steroid dienone is 4. The molecule has 1 aliphatic carbocycles. The molecule has 0 spiro atoms. The summed E-state index contributed by atoms with van der Waals surface area (Å²) < 4.78 is 0. The van der Waals surface area contributed by atoms with Crippen molar-refractivity contribution >= 4 is 40.8 Å². The highest BCUT2D eigenvalue weighted by atomic mass is 16.3. The van der Waals surface area contributed by atoms with Gasteiger partial charge < -0.3 is 21.5 Å². The number of piperidine rings is 1. The summed E-state index contributed by atoms with van der Waals surface area (Å²) in [6.07, 6.45) is 2.36. The van der Waals surface area contributed by atoms with Crippen molar-refractivity contribution in [1.82, 2.24) is 5.32 Å². The minimum atomic E-state index is -0.662. The largest absolute Gasteiger partial charge is 0.494 e. The topological polar surface area (TPSA) is 111 Å². The SMILES string of the molecule is BC1=C(C(N)=O)C(=N)/C(=C(/O)Nc2ccc(C3CCCNC3)cc2)C(B)=C1B. The highest BCUT2D eigenvalue weighted by molar-refractivity contribution is 6.50. The van der Waals surface area contributed by atoms with Gasteiger partial charge >= 0.3 is 0 Å². The third-order valence-corrected chi connectivity index (χ3v) is 5.80. The summed E-state index contributed by atoms with van der Waals surface area (Å²) in [4.78, 5) is 11.8. The van der Waals surface area contributed by atoms with Gasteiger partial charge in [-0.15, -0.1) is 0 Å². The number of rotatable bonds is 4. The molecular formula is C19H25B3N4O2. The molecule has 1 fully saturated rings. The molecule has 9 heteroatoms. The lowest BCUT2D eigenvalue weighted by atomic mass is 9.61. The van der Waals surface area contributed by atoms with Crippen molar-refractivity contribution < 1.29 is 9.90 Å². The number of carbonyl (C=O) groups excluding carboxylic acids is 1. The van der Waals surface area contributed by atoms with Gasteiger partial charge in [0, 0.05) is 12.2 Å². The van der Waals surface area contributed by atoms with Gasteiger partial charge in [0.25, 0.3) is 0 Å². The van der Waals surface area contributed by atoms with Gasteiger partial charge in [0.15, 0.2) is 5.88 Å². The van der Waals surface area contributed by atoms with Crippen molar-refractivity contribution in [2.75, 3.05) is 18.4 Å². The number of benzene rings is 1. The number of hydrogen-bond donors (Lipinski definition) is 5. The predicted molar refractivity (Wildman–Crippen MR) is 121 cm³/mol. The molecule has 3 rings (SSSR count). The van der Waals surface area contributed by atoms with Crippen LogP contribution in [-0.4, -0.2) is 53.4 Å². The Hall–Kier alpha value is -2.67. The summed E-state index contributed by atoms with van der Waals surface area (Å²) in [7, 11) is 5.46. The number of primary amides is 1. The van der Waals surface area contributed by atoms with Crippen molar-refractivity contribution in [3.05, 3.63) is 63.3 Å². The molecule has 1 aromatic rings. The maximum absolute atomic E-state index is 11.8. The van der Waals surface area contributed by atoms with E-state index in [-0.39, 0.29) is 17.2 Å². The zero-order valence-electron chi connectivity index (χ0n) is 16.6. The lowest BCUT2D eigenvalue weighted by Crippen LogP contribution is -2.30.